The molecule has 1 aliphatic carbocycles. The van der Waals surface area contributed by atoms with Crippen LogP contribution in [-0.4, -0.2) is 76.3 Å². The number of allylic oxidation sites excluding steroid dienone is 2. The van der Waals surface area contributed by atoms with Crippen molar-refractivity contribution in [2.45, 2.75) is 47.6 Å². The van der Waals surface area contributed by atoms with Crippen LogP contribution in [0.3, 0.4) is 0 Å². The van der Waals surface area contributed by atoms with Gasteiger partial charge in [0.2, 0.25) is 0 Å². The van der Waals surface area contributed by atoms with E-state index in [4.69, 9.17) is 32.7 Å². The lowest BCUT2D eigenvalue weighted by molar-refractivity contribution is -0.137. The molecule has 2 aliphatic heterocycles. The van der Waals surface area contributed by atoms with Crippen molar-refractivity contribution in [3.8, 4) is 17.2 Å². The molecular weight excluding hydrogens is 667 g/mol. The molecule has 4 atom stereocenters. The van der Waals surface area contributed by atoms with E-state index in [0.29, 0.717) is 28.1 Å². The number of aromatic hydroxyl groups is 1. The standard InChI is InChI=1S/C32H30Cl2N6O8/c1-36-20-14-24(48-4)23(47-3)13-19(20)35-18(26(36)42)10-11-38-29(45)39-12-9-16-21(40(39)30(38)46)15-31(33)27(43)37(2)28(44)32(31,34)25(16)17-7-5-6-8-22(17)41/h5-9,13-14,21,25,41H,10-12,15H2,1-4H3. The molecule has 4 aromatic rings. The minimum atomic E-state index is -2.02. The summed E-state index contributed by atoms with van der Waals surface area (Å²) in [6.45, 7) is -0.239. The number of hydrogen-bond acceptors (Lipinski definition) is 9. The van der Waals surface area contributed by atoms with Gasteiger partial charge >= 0.3 is 11.4 Å². The third-order valence-electron chi connectivity index (χ3n) is 9.83. The first-order valence-electron chi connectivity index (χ1n) is 15.0. The number of aryl methyl sites for hydroxylation is 2. The summed E-state index contributed by atoms with van der Waals surface area (Å²) in [7, 11) is 5.84. The van der Waals surface area contributed by atoms with Gasteiger partial charge in [-0.05, 0) is 11.6 Å². The van der Waals surface area contributed by atoms with Crippen LogP contribution in [-0.2, 0) is 36.1 Å². The molecule has 4 unspecified atom stereocenters. The van der Waals surface area contributed by atoms with E-state index in [2.05, 4.69) is 4.98 Å². The molecule has 0 spiro atoms. The Bertz CT molecular complexity index is 2290. The Hall–Kier alpha value is -4.82. The van der Waals surface area contributed by atoms with Gasteiger partial charge in [-0.15, -0.1) is 23.2 Å². The average molecular weight is 698 g/mol. The van der Waals surface area contributed by atoms with Crippen molar-refractivity contribution in [3.05, 3.63) is 90.6 Å². The van der Waals surface area contributed by atoms with Crippen LogP contribution in [0.25, 0.3) is 11.0 Å². The van der Waals surface area contributed by atoms with E-state index < -0.39 is 50.5 Å². The molecular formula is C32H30Cl2N6O8. The first-order valence-corrected chi connectivity index (χ1v) is 15.8. The first-order chi connectivity index (χ1) is 22.8. The Labute approximate surface area is 281 Å². The molecule has 0 radical (unpaired) electrons. The maximum absolute atomic E-state index is 14.1. The van der Waals surface area contributed by atoms with Crippen LogP contribution < -0.4 is 26.4 Å². The third kappa shape index (κ3) is 4.05. The number of fused-ring (bicyclic) bond motifs is 5. The van der Waals surface area contributed by atoms with Crippen LogP contribution in [0.1, 0.15) is 29.6 Å². The molecule has 4 heterocycles. The number of carbonyl (C=O) groups is 2. The lowest BCUT2D eigenvalue weighted by atomic mass is 9.64. The molecule has 7 rings (SSSR count). The quantitative estimate of drug-likeness (QED) is 0.180. The summed E-state index contributed by atoms with van der Waals surface area (Å²) in [5.74, 6) is -1.92. The lowest BCUT2D eigenvalue weighted by Gasteiger charge is -2.49. The molecule has 2 aromatic carbocycles. The number of imide groups is 1. The number of phenolic OH excluding ortho intramolecular Hbond substituents is 1. The Kier molecular flexibility index (Phi) is 7.18. The Morgan fingerprint density at radius 3 is 2.35 bits per heavy atom. The minimum absolute atomic E-state index is 0.0520. The normalized spacial score (nSPS) is 24.7. The summed E-state index contributed by atoms with van der Waals surface area (Å²) < 4.78 is 15.6. The summed E-state index contributed by atoms with van der Waals surface area (Å²) >= 11 is 14.2. The highest BCUT2D eigenvalue weighted by Gasteiger charge is 2.75. The summed E-state index contributed by atoms with van der Waals surface area (Å²) in [5.41, 5.74) is 0.0355. The van der Waals surface area contributed by atoms with Crippen molar-refractivity contribution in [3.63, 3.8) is 0 Å². The maximum Gasteiger partial charge on any atom is 0.347 e. The smallest absolute Gasteiger partial charge is 0.347 e. The fourth-order valence-electron chi connectivity index (χ4n) is 7.41. The number of ether oxygens (including phenoxy) is 2. The van der Waals surface area contributed by atoms with Gasteiger partial charge in [-0.3, -0.25) is 19.3 Å². The second-order valence-electron chi connectivity index (χ2n) is 12.1. The number of amides is 2. The molecule has 16 heteroatoms. The van der Waals surface area contributed by atoms with Gasteiger partial charge in [-0.1, -0.05) is 24.3 Å². The number of likely N-dealkylation sites (tertiary alicyclic amines) is 1. The molecule has 3 aliphatic rings. The topological polar surface area (TPSA) is 160 Å². The molecule has 1 N–H and O–H groups in total. The van der Waals surface area contributed by atoms with Gasteiger partial charge in [-0.25, -0.2) is 28.5 Å². The molecule has 2 fully saturated rings. The van der Waals surface area contributed by atoms with E-state index in [1.165, 1.54) is 41.3 Å². The number of rotatable bonds is 6. The van der Waals surface area contributed by atoms with Crippen molar-refractivity contribution in [1.29, 1.82) is 0 Å². The van der Waals surface area contributed by atoms with Gasteiger partial charge in [0, 0.05) is 57.1 Å². The van der Waals surface area contributed by atoms with Gasteiger partial charge in [0.05, 0.1) is 37.8 Å². The highest BCUT2D eigenvalue weighted by atomic mass is 35.5. The van der Waals surface area contributed by atoms with Gasteiger partial charge in [0.25, 0.3) is 17.4 Å². The number of alkyl halides is 2. The van der Waals surface area contributed by atoms with E-state index in [9.17, 15) is 29.1 Å². The van der Waals surface area contributed by atoms with Crippen molar-refractivity contribution in [2.24, 2.45) is 7.05 Å². The Morgan fingerprint density at radius 1 is 0.979 bits per heavy atom. The zero-order valence-electron chi connectivity index (χ0n) is 26.3. The number of halogens is 2. The first kappa shape index (κ1) is 31.8. The molecule has 2 aromatic heterocycles. The molecule has 48 heavy (non-hydrogen) atoms. The van der Waals surface area contributed by atoms with Crippen LogP contribution in [0, 0.1) is 0 Å². The van der Waals surface area contributed by atoms with Gasteiger partial charge in [-0.2, -0.15) is 0 Å². The summed E-state index contributed by atoms with van der Waals surface area (Å²) in [6, 6.07) is 8.58. The number of methoxy groups -OCH3 is 2. The van der Waals surface area contributed by atoms with E-state index in [1.807, 2.05) is 0 Å². The molecule has 250 valence electrons. The van der Waals surface area contributed by atoms with Gasteiger partial charge < -0.3 is 19.1 Å². The SMILES string of the molecule is COc1cc2nc(CCn3c(=O)n4n(c3=O)C3CC5(Cl)C(=O)N(C)C(=O)C5(Cl)C(c5ccccc5O)C3=CC4)c(=O)n(C)c2cc1OC. The predicted octanol–water partition coefficient (Wildman–Crippen LogP) is 1.65. The highest BCUT2D eigenvalue weighted by molar-refractivity contribution is 6.53. The van der Waals surface area contributed by atoms with Crippen molar-refractivity contribution in [1.82, 2.24) is 28.4 Å². The van der Waals surface area contributed by atoms with Crippen LogP contribution in [0.5, 0.6) is 17.2 Å². The van der Waals surface area contributed by atoms with E-state index >= 15 is 0 Å². The maximum atomic E-state index is 14.1. The summed E-state index contributed by atoms with van der Waals surface area (Å²) in [4.78, 5) is 69.7. The van der Waals surface area contributed by atoms with Crippen molar-refractivity contribution >= 4 is 46.0 Å². The molecule has 0 bridgehead atoms. The molecule has 14 nitrogen and oxygen atoms in total. The summed E-state index contributed by atoms with van der Waals surface area (Å²) in [6.07, 6.45) is 1.36. The molecule has 1 saturated heterocycles. The summed E-state index contributed by atoms with van der Waals surface area (Å²) in [5, 5.41) is 10.9. The molecule has 1 saturated carbocycles. The average Bonchev–Trinajstić information content (AvgIpc) is 3.39. The number of benzene rings is 2. The monoisotopic (exact) mass is 696 g/mol. The van der Waals surface area contributed by atoms with Crippen LogP contribution in [0.4, 0.5) is 0 Å². The van der Waals surface area contributed by atoms with Crippen LogP contribution >= 0.6 is 23.2 Å². The fourth-order valence-corrected chi connectivity index (χ4v) is 8.40. The predicted molar refractivity (Wildman–Crippen MR) is 174 cm³/mol. The number of aromatic nitrogens is 5. The van der Waals surface area contributed by atoms with Gasteiger partial charge in [0.15, 0.2) is 21.2 Å². The number of carbonyl (C=O) groups excluding carboxylic acids is 2. The van der Waals surface area contributed by atoms with Gasteiger partial charge in [0.1, 0.15) is 11.4 Å². The third-order valence-corrected chi connectivity index (χ3v) is 11.2. The van der Waals surface area contributed by atoms with Crippen LogP contribution in [0.2, 0.25) is 0 Å². The van der Waals surface area contributed by atoms with E-state index in [0.717, 1.165) is 9.47 Å². The van der Waals surface area contributed by atoms with Crippen molar-refractivity contribution < 1.29 is 24.2 Å². The second kappa shape index (κ2) is 10.9. The second-order valence-corrected chi connectivity index (χ2v) is 13.4. The van der Waals surface area contributed by atoms with E-state index in [-0.39, 0.29) is 42.9 Å². The van der Waals surface area contributed by atoms with Crippen LogP contribution in [0.15, 0.2) is 62.4 Å². The minimum Gasteiger partial charge on any atom is -0.508 e. The number of hydrogen-bond donors (Lipinski definition) is 1. The Morgan fingerprint density at radius 2 is 1.67 bits per heavy atom. The molecule has 2 amide bonds. The largest absolute Gasteiger partial charge is 0.508 e. The van der Waals surface area contributed by atoms with E-state index in [1.54, 1.807) is 43.5 Å². The lowest BCUT2D eigenvalue weighted by Crippen LogP contribution is -2.59. The zero-order chi connectivity index (χ0) is 34.4. The highest BCUT2D eigenvalue weighted by Crippen LogP contribution is 2.63. The number of para-hydroxylation sites is 1. The number of phenols is 1. The Balaban J connectivity index is 1.31. The zero-order valence-corrected chi connectivity index (χ0v) is 27.8. The fraction of sp³-hybridized carbons (Fsp3) is 0.375. The number of nitrogens with zero attached hydrogens (tertiary/aromatic N) is 6. The van der Waals surface area contributed by atoms with Crippen molar-refractivity contribution in [2.75, 3.05) is 21.3 Å².